The molecule has 0 aliphatic heterocycles. The zero-order chi connectivity index (χ0) is 23.3. The summed E-state index contributed by atoms with van der Waals surface area (Å²) in [6.45, 7) is 2.02. The fourth-order valence-electron chi connectivity index (χ4n) is 3.02. The number of ether oxygens (including phenoxy) is 3. The fourth-order valence-corrected chi connectivity index (χ4v) is 3.97. The van der Waals surface area contributed by atoms with Crippen LogP contribution >= 0.6 is 11.3 Å². The van der Waals surface area contributed by atoms with E-state index in [1.807, 2.05) is 6.92 Å². The molecular weight excluding hydrogens is 440 g/mol. The summed E-state index contributed by atoms with van der Waals surface area (Å²) in [5, 5.41) is 4.21. The van der Waals surface area contributed by atoms with Crippen LogP contribution in [0.3, 0.4) is 0 Å². The number of carbonyl (C=O) groups excluding carboxylic acids is 2. The van der Waals surface area contributed by atoms with Crippen LogP contribution in [0.15, 0.2) is 41.8 Å². The van der Waals surface area contributed by atoms with E-state index in [9.17, 15) is 18.4 Å². The molecule has 0 unspecified atom stereocenters. The summed E-state index contributed by atoms with van der Waals surface area (Å²) in [4.78, 5) is 25.4. The molecule has 2 aromatic carbocycles. The first-order valence-electron chi connectivity index (χ1n) is 9.67. The predicted molar refractivity (Wildman–Crippen MR) is 118 cm³/mol. The van der Waals surface area contributed by atoms with Crippen molar-refractivity contribution in [2.75, 3.05) is 26.1 Å². The Kier molecular flexibility index (Phi) is 7.42. The van der Waals surface area contributed by atoms with E-state index in [2.05, 4.69) is 5.32 Å². The topological polar surface area (TPSA) is 73.9 Å². The van der Waals surface area contributed by atoms with Crippen LogP contribution in [0, 0.1) is 11.6 Å². The van der Waals surface area contributed by atoms with E-state index < -0.39 is 29.1 Å². The maximum absolute atomic E-state index is 14.0. The van der Waals surface area contributed by atoms with Gasteiger partial charge < -0.3 is 19.5 Å². The second kappa shape index (κ2) is 10.2. The average Bonchev–Trinajstić information content (AvgIpc) is 3.20. The third kappa shape index (κ3) is 4.72. The molecule has 3 rings (SSSR count). The number of methoxy groups -OCH3 is 2. The number of hydrogen-bond donors (Lipinski definition) is 1. The first kappa shape index (κ1) is 23.2. The van der Waals surface area contributed by atoms with Gasteiger partial charge in [-0.15, -0.1) is 11.3 Å². The number of carbonyl (C=O) groups is 2. The van der Waals surface area contributed by atoms with Gasteiger partial charge in [0.05, 0.1) is 20.8 Å². The van der Waals surface area contributed by atoms with E-state index in [-0.39, 0.29) is 17.2 Å². The van der Waals surface area contributed by atoms with E-state index in [0.29, 0.717) is 29.0 Å². The molecule has 32 heavy (non-hydrogen) atoms. The standard InChI is InChI=1S/C23H21F2NO5S/c1-4-10-31-23(28)19-14(13-8-9-17(29-2)18(11-13)30-3)12-32-22(19)26-21(27)20-15(24)6-5-7-16(20)25/h5-9,11-12H,4,10H2,1-3H3,(H,26,27). The molecule has 0 spiro atoms. The molecule has 0 aliphatic carbocycles. The van der Waals surface area contributed by atoms with Crippen LogP contribution in [0.25, 0.3) is 11.1 Å². The van der Waals surface area contributed by atoms with Crippen molar-refractivity contribution in [3.63, 3.8) is 0 Å². The Hall–Kier alpha value is -3.46. The minimum atomic E-state index is -1.01. The van der Waals surface area contributed by atoms with Crippen LogP contribution in [0.1, 0.15) is 34.1 Å². The molecule has 0 aliphatic rings. The quantitative estimate of drug-likeness (QED) is 0.447. The van der Waals surface area contributed by atoms with Gasteiger partial charge >= 0.3 is 5.97 Å². The summed E-state index contributed by atoms with van der Waals surface area (Å²) in [5.74, 6) is -2.73. The molecule has 6 nitrogen and oxygen atoms in total. The van der Waals surface area contributed by atoms with Crippen molar-refractivity contribution in [3.8, 4) is 22.6 Å². The Bertz CT molecular complexity index is 1130. The Morgan fingerprint density at radius 1 is 1.00 bits per heavy atom. The van der Waals surface area contributed by atoms with Gasteiger partial charge in [0.2, 0.25) is 0 Å². The number of nitrogens with one attached hydrogen (secondary N) is 1. The monoisotopic (exact) mass is 461 g/mol. The number of rotatable bonds is 8. The zero-order valence-electron chi connectivity index (χ0n) is 17.7. The highest BCUT2D eigenvalue weighted by molar-refractivity contribution is 7.15. The summed E-state index contributed by atoms with van der Waals surface area (Å²) < 4.78 is 43.9. The fraction of sp³-hybridized carbons (Fsp3) is 0.217. The van der Waals surface area contributed by atoms with E-state index in [4.69, 9.17) is 14.2 Å². The molecule has 0 saturated carbocycles. The van der Waals surface area contributed by atoms with E-state index in [0.717, 1.165) is 29.5 Å². The first-order valence-corrected chi connectivity index (χ1v) is 10.6. The highest BCUT2D eigenvalue weighted by Gasteiger charge is 2.25. The van der Waals surface area contributed by atoms with Crippen molar-refractivity contribution in [2.45, 2.75) is 13.3 Å². The maximum atomic E-state index is 14.0. The number of esters is 1. The molecule has 0 bridgehead atoms. The maximum Gasteiger partial charge on any atom is 0.341 e. The lowest BCUT2D eigenvalue weighted by Crippen LogP contribution is -2.17. The molecule has 0 saturated heterocycles. The number of hydrogen-bond acceptors (Lipinski definition) is 6. The minimum absolute atomic E-state index is 0.0840. The summed E-state index contributed by atoms with van der Waals surface area (Å²) in [6.07, 6.45) is 0.601. The Labute approximate surface area is 187 Å². The van der Waals surface area contributed by atoms with Gasteiger partial charge in [-0.25, -0.2) is 13.6 Å². The lowest BCUT2D eigenvalue weighted by atomic mass is 10.0. The van der Waals surface area contributed by atoms with Crippen LogP contribution < -0.4 is 14.8 Å². The molecule has 1 aromatic heterocycles. The second-order valence-electron chi connectivity index (χ2n) is 6.61. The van der Waals surface area contributed by atoms with E-state index in [1.165, 1.54) is 14.2 Å². The third-order valence-electron chi connectivity index (χ3n) is 4.54. The molecular formula is C23H21F2NO5S. The number of amides is 1. The largest absolute Gasteiger partial charge is 0.493 e. The van der Waals surface area contributed by atoms with Crippen LogP contribution in [0.4, 0.5) is 13.8 Å². The van der Waals surface area contributed by atoms with Gasteiger partial charge in [0.1, 0.15) is 27.8 Å². The Balaban J connectivity index is 2.05. The van der Waals surface area contributed by atoms with Crippen molar-refractivity contribution in [1.29, 1.82) is 0 Å². The van der Waals surface area contributed by atoms with Crippen LogP contribution in [-0.4, -0.2) is 32.7 Å². The average molecular weight is 461 g/mol. The number of halogens is 2. The van der Waals surface area contributed by atoms with Gasteiger partial charge in [-0.2, -0.15) is 0 Å². The van der Waals surface area contributed by atoms with E-state index in [1.54, 1.807) is 23.6 Å². The minimum Gasteiger partial charge on any atom is -0.493 e. The molecule has 9 heteroatoms. The SMILES string of the molecule is CCCOC(=O)c1c(-c2ccc(OC)c(OC)c2)csc1NC(=O)c1c(F)cccc1F. The Morgan fingerprint density at radius 3 is 2.31 bits per heavy atom. The normalized spacial score (nSPS) is 10.5. The molecule has 3 aromatic rings. The second-order valence-corrected chi connectivity index (χ2v) is 7.49. The summed E-state index contributed by atoms with van der Waals surface area (Å²) in [5.41, 5.74) is 0.434. The highest BCUT2D eigenvalue weighted by atomic mass is 32.1. The number of anilines is 1. The van der Waals surface area contributed by atoms with Crippen LogP contribution in [-0.2, 0) is 4.74 Å². The predicted octanol–water partition coefficient (Wildman–Crippen LogP) is 5.53. The van der Waals surface area contributed by atoms with Crippen molar-refractivity contribution < 1.29 is 32.6 Å². The van der Waals surface area contributed by atoms with Crippen molar-refractivity contribution in [1.82, 2.24) is 0 Å². The van der Waals surface area contributed by atoms with Crippen LogP contribution in [0.2, 0.25) is 0 Å². The molecule has 0 atom stereocenters. The van der Waals surface area contributed by atoms with Gasteiger partial charge in [-0.3, -0.25) is 4.79 Å². The van der Waals surface area contributed by atoms with Gasteiger partial charge in [0, 0.05) is 10.9 Å². The first-order chi connectivity index (χ1) is 15.4. The molecule has 1 N–H and O–H groups in total. The summed E-state index contributed by atoms with van der Waals surface area (Å²) in [6, 6.07) is 8.22. The molecule has 0 radical (unpaired) electrons. The lowest BCUT2D eigenvalue weighted by molar-refractivity contribution is 0.0507. The third-order valence-corrected chi connectivity index (χ3v) is 5.44. The zero-order valence-corrected chi connectivity index (χ0v) is 18.5. The van der Waals surface area contributed by atoms with Crippen LogP contribution in [0.5, 0.6) is 11.5 Å². The highest BCUT2D eigenvalue weighted by Crippen LogP contribution is 2.40. The van der Waals surface area contributed by atoms with E-state index >= 15 is 0 Å². The van der Waals surface area contributed by atoms with Crippen molar-refractivity contribution >= 4 is 28.2 Å². The Morgan fingerprint density at radius 2 is 1.69 bits per heavy atom. The summed E-state index contributed by atoms with van der Waals surface area (Å²) >= 11 is 1.04. The number of thiophene rings is 1. The summed E-state index contributed by atoms with van der Waals surface area (Å²) in [7, 11) is 2.99. The molecule has 1 heterocycles. The van der Waals surface area contributed by atoms with Crippen molar-refractivity contribution in [3.05, 3.63) is 64.5 Å². The lowest BCUT2D eigenvalue weighted by Gasteiger charge is -2.12. The van der Waals surface area contributed by atoms with Gasteiger partial charge in [-0.05, 0) is 36.2 Å². The molecule has 1 amide bonds. The van der Waals surface area contributed by atoms with Crippen molar-refractivity contribution in [2.24, 2.45) is 0 Å². The molecule has 0 fully saturated rings. The number of benzene rings is 2. The molecule has 168 valence electrons. The smallest absolute Gasteiger partial charge is 0.341 e. The van der Waals surface area contributed by atoms with Gasteiger partial charge in [0.15, 0.2) is 11.5 Å². The van der Waals surface area contributed by atoms with Gasteiger partial charge in [0.25, 0.3) is 5.91 Å². The van der Waals surface area contributed by atoms with Gasteiger partial charge in [-0.1, -0.05) is 19.1 Å².